The number of hydrogen-bond acceptors (Lipinski definition) is 8. The van der Waals surface area contributed by atoms with Gasteiger partial charge in [-0.05, 0) is 25.5 Å². The van der Waals surface area contributed by atoms with E-state index >= 15 is 0 Å². The maximum absolute atomic E-state index is 12.6. The molecule has 0 unspecified atom stereocenters. The van der Waals surface area contributed by atoms with E-state index in [4.69, 9.17) is 14.2 Å². The smallest absolute Gasteiger partial charge is 0.347 e. The zero-order chi connectivity index (χ0) is 18.7. The number of aromatic hydroxyl groups is 2. The van der Waals surface area contributed by atoms with Crippen molar-refractivity contribution in [2.24, 2.45) is 0 Å². The van der Waals surface area contributed by atoms with Crippen LogP contribution in [0.25, 0.3) is 0 Å². The Hall–Kier alpha value is -3.26. The first-order valence-corrected chi connectivity index (χ1v) is 7.77. The number of benzene rings is 2. The topological polar surface area (TPSA) is 123 Å². The molecule has 0 saturated heterocycles. The summed E-state index contributed by atoms with van der Waals surface area (Å²) in [5.74, 6) is -2.67. The van der Waals surface area contributed by atoms with Gasteiger partial charge < -0.3 is 29.5 Å². The van der Waals surface area contributed by atoms with Crippen LogP contribution in [0.1, 0.15) is 43.0 Å². The van der Waals surface area contributed by atoms with E-state index in [1.54, 1.807) is 13.8 Å². The van der Waals surface area contributed by atoms with Crippen LogP contribution >= 0.6 is 0 Å². The molecule has 2 aliphatic rings. The first kappa shape index (κ1) is 16.2. The summed E-state index contributed by atoms with van der Waals surface area (Å²) in [4.78, 5) is 24.5. The summed E-state index contributed by atoms with van der Waals surface area (Å²) in [5.41, 5.74) is 1.21. The van der Waals surface area contributed by atoms with Gasteiger partial charge in [0.05, 0.1) is 12.2 Å². The monoisotopic (exact) mass is 358 g/mol. The highest BCUT2D eigenvalue weighted by Gasteiger charge is 2.38. The van der Waals surface area contributed by atoms with Crippen molar-refractivity contribution in [3.63, 3.8) is 0 Å². The molecule has 0 aliphatic carbocycles. The molecule has 3 N–H and O–H groups in total. The highest BCUT2D eigenvalue weighted by Crippen LogP contribution is 2.52. The molecular weight excluding hydrogens is 344 g/mol. The fourth-order valence-corrected chi connectivity index (χ4v) is 3.26. The van der Waals surface area contributed by atoms with E-state index in [9.17, 15) is 24.9 Å². The summed E-state index contributed by atoms with van der Waals surface area (Å²) in [5, 5.41) is 30.1. The predicted octanol–water partition coefficient (Wildman–Crippen LogP) is 2.20. The molecule has 2 heterocycles. The summed E-state index contributed by atoms with van der Waals surface area (Å²) in [7, 11) is 0. The molecule has 0 atom stereocenters. The Morgan fingerprint density at radius 2 is 1.73 bits per heavy atom. The third kappa shape index (κ3) is 1.99. The number of carbonyl (C=O) groups excluding carboxylic acids is 2. The Kier molecular flexibility index (Phi) is 3.35. The molecule has 0 aromatic heterocycles. The van der Waals surface area contributed by atoms with Gasteiger partial charge in [0.15, 0.2) is 17.2 Å². The van der Waals surface area contributed by atoms with Gasteiger partial charge in [0.25, 0.3) is 0 Å². The highest BCUT2D eigenvalue weighted by molar-refractivity contribution is 6.02. The Morgan fingerprint density at radius 3 is 2.42 bits per heavy atom. The molecule has 26 heavy (non-hydrogen) atoms. The molecule has 0 saturated carbocycles. The van der Waals surface area contributed by atoms with E-state index in [1.807, 2.05) is 0 Å². The molecule has 2 aromatic rings. The summed E-state index contributed by atoms with van der Waals surface area (Å²) < 4.78 is 16.1. The summed E-state index contributed by atoms with van der Waals surface area (Å²) in [6.45, 7) is 2.59. The minimum atomic E-state index is -0.841. The van der Waals surface area contributed by atoms with Crippen LogP contribution in [0.15, 0.2) is 6.07 Å². The van der Waals surface area contributed by atoms with Gasteiger partial charge in [-0.3, -0.25) is 0 Å². The van der Waals surface area contributed by atoms with Crippen LogP contribution in [-0.4, -0.2) is 27.3 Å². The van der Waals surface area contributed by atoms with Crippen LogP contribution < -0.4 is 9.47 Å². The summed E-state index contributed by atoms with van der Waals surface area (Å²) in [6.07, 6.45) is 0. The standard InChI is InChI=1S/C18H14O8/c1-6-3-10(20)8(4-19)15-11(6)18(23)26-16-13(21)12-9(5-24-17(12)22)7(2)14(16)25-15/h3,19-21H,4-5H2,1-2H3. The molecule has 0 bridgehead atoms. The van der Waals surface area contributed by atoms with E-state index in [2.05, 4.69) is 0 Å². The van der Waals surface area contributed by atoms with E-state index in [-0.39, 0.29) is 46.3 Å². The number of carbonyl (C=O) groups is 2. The van der Waals surface area contributed by atoms with Gasteiger partial charge >= 0.3 is 11.9 Å². The molecule has 0 amide bonds. The maximum Gasteiger partial charge on any atom is 0.347 e. The summed E-state index contributed by atoms with van der Waals surface area (Å²) in [6, 6.07) is 1.31. The second-order valence-electron chi connectivity index (χ2n) is 6.11. The van der Waals surface area contributed by atoms with E-state index in [1.165, 1.54) is 6.07 Å². The quantitative estimate of drug-likeness (QED) is 0.524. The lowest BCUT2D eigenvalue weighted by atomic mass is 10.0. The lowest BCUT2D eigenvalue weighted by Crippen LogP contribution is -2.11. The number of fused-ring (bicyclic) bond motifs is 3. The van der Waals surface area contributed by atoms with E-state index in [0.29, 0.717) is 16.7 Å². The largest absolute Gasteiger partial charge is 0.507 e. The normalized spacial score (nSPS) is 14.6. The highest BCUT2D eigenvalue weighted by atomic mass is 16.6. The second kappa shape index (κ2) is 5.37. The average molecular weight is 358 g/mol. The number of aliphatic hydroxyl groups excluding tert-OH is 1. The predicted molar refractivity (Wildman–Crippen MR) is 85.8 cm³/mol. The van der Waals surface area contributed by atoms with Crippen molar-refractivity contribution in [3.05, 3.63) is 39.4 Å². The molecule has 8 heteroatoms. The van der Waals surface area contributed by atoms with Gasteiger partial charge in [0.1, 0.15) is 23.5 Å². The number of cyclic esters (lactones) is 1. The zero-order valence-electron chi connectivity index (χ0n) is 13.9. The Morgan fingerprint density at radius 1 is 1.00 bits per heavy atom. The van der Waals surface area contributed by atoms with Gasteiger partial charge in [0.2, 0.25) is 5.75 Å². The van der Waals surface area contributed by atoms with Crippen molar-refractivity contribution in [1.82, 2.24) is 0 Å². The summed E-state index contributed by atoms with van der Waals surface area (Å²) >= 11 is 0. The van der Waals surface area contributed by atoms with Crippen molar-refractivity contribution in [2.45, 2.75) is 27.1 Å². The van der Waals surface area contributed by atoms with Gasteiger partial charge in [-0.15, -0.1) is 0 Å². The number of rotatable bonds is 1. The number of ether oxygens (including phenoxy) is 3. The van der Waals surface area contributed by atoms with Gasteiger partial charge in [0, 0.05) is 11.1 Å². The van der Waals surface area contributed by atoms with E-state index < -0.39 is 24.3 Å². The van der Waals surface area contributed by atoms with Crippen molar-refractivity contribution >= 4 is 11.9 Å². The Balaban J connectivity index is 2.04. The minimum absolute atomic E-state index is 0.0158. The first-order valence-electron chi connectivity index (χ1n) is 7.77. The molecule has 4 rings (SSSR count). The number of phenolic OH excluding ortho intramolecular Hbond substituents is 1. The third-order valence-electron chi connectivity index (χ3n) is 4.62. The molecule has 0 fully saturated rings. The molecule has 134 valence electrons. The van der Waals surface area contributed by atoms with Crippen molar-refractivity contribution in [1.29, 1.82) is 0 Å². The molecular formula is C18H14O8. The number of phenols is 2. The molecule has 2 aliphatic heterocycles. The van der Waals surface area contributed by atoms with Gasteiger partial charge in [-0.2, -0.15) is 0 Å². The second-order valence-corrected chi connectivity index (χ2v) is 6.11. The van der Waals surface area contributed by atoms with Crippen LogP contribution in [0.2, 0.25) is 0 Å². The van der Waals surface area contributed by atoms with Crippen LogP contribution in [0, 0.1) is 13.8 Å². The van der Waals surface area contributed by atoms with Crippen LogP contribution in [0.4, 0.5) is 0 Å². The first-order chi connectivity index (χ1) is 12.3. The number of esters is 2. The Labute approximate surface area is 147 Å². The fraction of sp³-hybridized carbons (Fsp3) is 0.222. The zero-order valence-corrected chi connectivity index (χ0v) is 13.9. The molecule has 2 aromatic carbocycles. The Bertz CT molecular complexity index is 1010. The van der Waals surface area contributed by atoms with Crippen molar-refractivity contribution in [2.75, 3.05) is 0 Å². The number of hydrogen-bond donors (Lipinski definition) is 3. The van der Waals surface area contributed by atoms with Gasteiger partial charge in [-0.1, -0.05) is 0 Å². The van der Waals surface area contributed by atoms with Crippen LogP contribution in [0.5, 0.6) is 28.7 Å². The van der Waals surface area contributed by atoms with Gasteiger partial charge in [-0.25, -0.2) is 9.59 Å². The SMILES string of the molecule is Cc1cc(O)c(CO)c2c1C(=O)Oc1c(O)c3c(c(C)c1O2)COC3=O. The van der Waals surface area contributed by atoms with Crippen LogP contribution in [-0.2, 0) is 18.0 Å². The molecule has 0 spiro atoms. The number of aryl methyl sites for hydroxylation is 1. The third-order valence-corrected chi connectivity index (χ3v) is 4.62. The van der Waals surface area contributed by atoms with Crippen molar-refractivity contribution < 1.29 is 39.1 Å². The average Bonchev–Trinajstić information content (AvgIpc) is 2.89. The maximum atomic E-state index is 12.6. The lowest BCUT2D eigenvalue weighted by Gasteiger charge is -2.16. The minimum Gasteiger partial charge on any atom is -0.507 e. The van der Waals surface area contributed by atoms with Crippen molar-refractivity contribution in [3.8, 4) is 28.7 Å². The fourth-order valence-electron chi connectivity index (χ4n) is 3.26. The molecule has 8 nitrogen and oxygen atoms in total. The van der Waals surface area contributed by atoms with Crippen LogP contribution in [0.3, 0.4) is 0 Å². The van der Waals surface area contributed by atoms with E-state index in [0.717, 1.165) is 0 Å². The number of aliphatic hydroxyl groups is 1. The lowest BCUT2D eigenvalue weighted by molar-refractivity contribution is 0.0531. The molecule has 0 radical (unpaired) electrons.